The third-order valence-corrected chi connectivity index (χ3v) is 8.83. The Balaban J connectivity index is 1.55. The summed E-state index contributed by atoms with van der Waals surface area (Å²) in [6.45, 7) is 4.55. The highest BCUT2D eigenvalue weighted by atomic mass is 32.2. The molecule has 1 saturated heterocycles. The van der Waals surface area contributed by atoms with Crippen molar-refractivity contribution in [1.29, 1.82) is 0 Å². The van der Waals surface area contributed by atoms with Crippen molar-refractivity contribution in [3.63, 3.8) is 0 Å². The Morgan fingerprint density at radius 3 is 2.51 bits per heavy atom. The molecule has 0 saturated carbocycles. The van der Waals surface area contributed by atoms with Crippen LogP contribution in [0.4, 0.5) is 4.39 Å². The molecule has 1 aliphatic heterocycles. The Hall–Kier alpha value is -3.15. The molecule has 35 heavy (non-hydrogen) atoms. The second kappa shape index (κ2) is 10.2. The van der Waals surface area contributed by atoms with E-state index in [9.17, 15) is 22.4 Å². The van der Waals surface area contributed by atoms with Crippen LogP contribution in [-0.4, -0.2) is 49.4 Å². The maximum absolute atomic E-state index is 13.2. The highest BCUT2D eigenvalue weighted by Gasteiger charge is 2.32. The average Bonchev–Trinajstić information content (AvgIpc) is 3.20. The van der Waals surface area contributed by atoms with E-state index in [1.54, 1.807) is 24.3 Å². The van der Waals surface area contributed by atoms with Gasteiger partial charge < -0.3 is 9.30 Å². The molecule has 1 fully saturated rings. The summed E-state index contributed by atoms with van der Waals surface area (Å²) in [4.78, 5) is 29.7. The first kappa shape index (κ1) is 25.0. The highest BCUT2D eigenvalue weighted by Crippen LogP contribution is 2.25. The van der Waals surface area contributed by atoms with Crippen LogP contribution in [0.5, 0.6) is 0 Å². The van der Waals surface area contributed by atoms with Gasteiger partial charge in [-0.15, -0.1) is 6.58 Å². The summed E-state index contributed by atoms with van der Waals surface area (Å²) in [5, 5.41) is 0. The molecule has 11 heteroatoms. The lowest BCUT2D eigenvalue weighted by Gasteiger charge is -2.29. The van der Waals surface area contributed by atoms with Gasteiger partial charge in [-0.3, -0.25) is 4.79 Å². The molecule has 0 aliphatic carbocycles. The van der Waals surface area contributed by atoms with Gasteiger partial charge in [-0.25, -0.2) is 17.6 Å². The van der Waals surface area contributed by atoms with Crippen LogP contribution in [0, 0.1) is 11.7 Å². The van der Waals surface area contributed by atoms with Gasteiger partial charge in [0.1, 0.15) is 5.82 Å². The standard InChI is InChI=1S/C24H24FN3O5S2/c1-3-12-28-20-9-4-17(23(30)33-2)15-21(20)34-24(28)26-22(29)16-10-13-27(14-11-16)35(31,32)19-7-5-18(25)6-8-19/h3-9,15-16H,1,10-14H2,2H3. The van der Waals surface area contributed by atoms with Crippen LogP contribution < -0.4 is 4.80 Å². The number of allylic oxidation sites excluding steroid dienone is 1. The molecule has 2 aromatic carbocycles. The molecule has 0 unspecified atom stereocenters. The third kappa shape index (κ3) is 5.12. The molecular formula is C24H24FN3O5S2. The van der Waals surface area contributed by atoms with Gasteiger partial charge in [0.2, 0.25) is 10.0 Å². The zero-order valence-corrected chi connectivity index (χ0v) is 20.6. The van der Waals surface area contributed by atoms with E-state index in [2.05, 4.69) is 11.6 Å². The topological polar surface area (TPSA) is 98.0 Å². The lowest BCUT2D eigenvalue weighted by Crippen LogP contribution is -2.40. The number of esters is 1. The molecule has 4 rings (SSSR count). The molecule has 0 atom stereocenters. The largest absolute Gasteiger partial charge is 0.465 e. The zero-order chi connectivity index (χ0) is 25.2. The van der Waals surface area contributed by atoms with Crippen LogP contribution in [0.3, 0.4) is 0 Å². The Morgan fingerprint density at radius 1 is 1.20 bits per heavy atom. The van der Waals surface area contributed by atoms with Crippen LogP contribution >= 0.6 is 11.3 Å². The molecule has 1 aromatic heterocycles. The highest BCUT2D eigenvalue weighted by molar-refractivity contribution is 7.89. The summed E-state index contributed by atoms with van der Waals surface area (Å²) >= 11 is 1.28. The van der Waals surface area contributed by atoms with Crippen LogP contribution in [-0.2, 0) is 26.1 Å². The third-order valence-electron chi connectivity index (χ3n) is 5.88. The molecule has 0 bridgehead atoms. The number of ether oxygens (including phenoxy) is 1. The van der Waals surface area contributed by atoms with Gasteiger partial charge in [0.15, 0.2) is 4.80 Å². The smallest absolute Gasteiger partial charge is 0.337 e. The summed E-state index contributed by atoms with van der Waals surface area (Å²) in [5.41, 5.74) is 1.22. The van der Waals surface area contributed by atoms with Crippen molar-refractivity contribution >= 4 is 43.5 Å². The van der Waals surface area contributed by atoms with E-state index in [0.29, 0.717) is 29.8 Å². The second-order valence-corrected chi connectivity index (χ2v) is 11.0. The number of piperidine rings is 1. The SMILES string of the molecule is C=CCn1c(=NC(=O)C2CCN(S(=O)(=O)c3ccc(F)cc3)CC2)sc2cc(C(=O)OC)ccc21. The molecule has 1 aliphatic rings. The second-order valence-electron chi connectivity index (χ2n) is 8.04. The number of amides is 1. The Bertz CT molecular complexity index is 1450. The molecule has 0 radical (unpaired) electrons. The van der Waals surface area contributed by atoms with Gasteiger partial charge in [0, 0.05) is 25.6 Å². The van der Waals surface area contributed by atoms with E-state index in [1.165, 1.54) is 34.9 Å². The summed E-state index contributed by atoms with van der Waals surface area (Å²) in [7, 11) is -2.44. The predicted octanol–water partition coefficient (Wildman–Crippen LogP) is 3.34. The summed E-state index contributed by atoms with van der Waals surface area (Å²) in [5.74, 6) is -1.69. The number of carbonyl (C=O) groups is 2. The van der Waals surface area contributed by atoms with E-state index >= 15 is 0 Å². The van der Waals surface area contributed by atoms with Crippen molar-refractivity contribution in [2.24, 2.45) is 10.9 Å². The molecular weight excluding hydrogens is 493 g/mol. The number of benzene rings is 2. The van der Waals surface area contributed by atoms with E-state index in [-0.39, 0.29) is 23.9 Å². The fraction of sp³-hybridized carbons (Fsp3) is 0.292. The maximum atomic E-state index is 13.2. The number of fused-ring (bicyclic) bond motifs is 1. The van der Waals surface area contributed by atoms with E-state index in [1.807, 2.05) is 4.57 Å². The summed E-state index contributed by atoms with van der Waals surface area (Å²) in [6, 6.07) is 9.84. The number of aromatic nitrogens is 1. The Kier molecular flexibility index (Phi) is 7.29. The lowest BCUT2D eigenvalue weighted by molar-refractivity contribution is -0.122. The average molecular weight is 518 g/mol. The van der Waals surface area contributed by atoms with Gasteiger partial charge in [0.05, 0.1) is 27.8 Å². The van der Waals surface area contributed by atoms with Gasteiger partial charge in [-0.1, -0.05) is 17.4 Å². The van der Waals surface area contributed by atoms with Crippen molar-refractivity contribution in [3.8, 4) is 0 Å². The quantitative estimate of drug-likeness (QED) is 0.369. The van der Waals surface area contributed by atoms with Gasteiger partial charge in [-0.05, 0) is 55.3 Å². The maximum Gasteiger partial charge on any atom is 0.337 e. The fourth-order valence-electron chi connectivity index (χ4n) is 3.99. The number of rotatable bonds is 6. The molecule has 3 aromatic rings. The minimum Gasteiger partial charge on any atom is -0.465 e. The van der Waals surface area contributed by atoms with Gasteiger partial charge in [-0.2, -0.15) is 9.30 Å². The lowest BCUT2D eigenvalue weighted by atomic mass is 9.98. The number of hydrogen-bond donors (Lipinski definition) is 0. The first-order chi connectivity index (χ1) is 16.7. The monoisotopic (exact) mass is 517 g/mol. The number of nitrogens with zero attached hydrogens (tertiary/aromatic N) is 3. The Labute approximate surface area is 206 Å². The van der Waals surface area contributed by atoms with Crippen LogP contribution in [0.15, 0.2) is 65.0 Å². The zero-order valence-electron chi connectivity index (χ0n) is 19.0. The molecule has 2 heterocycles. The van der Waals surface area contributed by atoms with Crippen molar-refractivity contribution in [3.05, 3.63) is 71.3 Å². The van der Waals surface area contributed by atoms with Crippen molar-refractivity contribution in [2.75, 3.05) is 20.2 Å². The molecule has 1 amide bonds. The van der Waals surface area contributed by atoms with Crippen LogP contribution in [0.25, 0.3) is 10.2 Å². The van der Waals surface area contributed by atoms with Crippen molar-refractivity contribution in [1.82, 2.24) is 8.87 Å². The number of methoxy groups -OCH3 is 1. The normalized spacial score (nSPS) is 15.9. The minimum atomic E-state index is -3.76. The number of hydrogen-bond acceptors (Lipinski definition) is 6. The number of halogens is 1. The van der Waals surface area contributed by atoms with Gasteiger partial charge in [0.25, 0.3) is 5.91 Å². The molecule has 0 N–H and O–H groups in total. The summed E-state index contributed by atoms with van der Waals surface area (Å²) in [6.07, 6.45) is 2.37. The van der Waals surface area contributed by atoms with Gasteiger partial charge >= 0.3 is 5.97 Å². The van der Waals surface area contributed by atoms with Crippen LogP contribution in [0.2, 0.25) is 0 Å². The summed E-state index contributed by atoms with van der Waals surface area (Å²) < 4.78 is 47.6. The first-order valence-corrected chi connectivity index (χ1v) is 13.2. The van der Waals surface area contributed by atoms with E-state index in [0.717, 1.165) is 22.3 Å². The number of sulfonamides is 1. The van der Waals surface area contributed by atoms with E-state index in [4.69, 9.17) is 4.74 Å². The van der Waals surface area contributed by atoms with Crippen LogP contribution in [0.1, 0.15) is 23.2 Å². The number of carbonyl (C=O) groups excluding carboxylic acids is 2. The predicted molar refractivity (Wildman–Crippen MR) is 130 cm³/mol. The minimum absolute atomic E-state index is 0.0235. The first-order valence-electron chi connectivity index (χ1n) is 10.9. The van der Waals surface area contributed by atoms with E-state index < -0.39 is 27.7 Å². The molecule has 184 valence electrons. The fourth-order valence-corrected chi connectivity index (χ4v) is 6.55. The Morgan fingerprint density at radius 2 is 1.89 bits per heavy atom. The van der Waals surface area contributed by atoms with Crippen molar-refractivity contribution in [2.45, 2.75) is 24.3 Å². The molecule has 0 spiro atoms. The molecule has 8 nitrogen and oxygen atoms in total. The number of thiazole rings is 1. The van der Waals surface area contributed by atoms with Crippen molar-refractivity contribution < 1.29 is 27.1 Å².